The Labute approximate surface area is 140 Å². The topological polar surface area (TPSA) is 130 Å². The molecule has 0 amide bonds. The molecule has 0 aliphatic heterocycles. The van der Waals surface area contributed by atoms with Gasteiger partial charge in [-0.3, -0.25) is 19.7 Å². The SMILES string of the molecule is N#CC(C(=O)c1ccc([N+](=O)[O-])cc1)c1nc2ccccc2c(=O)[nH]1. The summed E-state index contributed by atoms with van der Waals surface area (Å²) >= 11 is 0. The second-order valence-corrected chi connectivity index (χ2v) is 5.20. The number of rotatable bonds is 4. The fourth-order valence-corrected chi connectivity index (χ4v) is 2.40. The number of Topliss-reactive ketones (excluding diaryl/α,β-unsaturated/α-hetero) is 1. The van der Waals surface area contributed by atoms with E-state index in [0.29, 0.717) is 10.9 Å². The number of nitrogens with one attached hydrogen (secondary N) is 1. The summed E-state index contributed by atoms with van der Waals surface area (Å²) in [6.07, 6.45) is 0. The predicted octanol–water partition coefficient (Wildman–Crippen LogP) is 2.32. The summed E-state index contributed by atoms with van der Waals surface area (Å²) < 4.78 is 0. The molecule has 8 nitrogen and oxygen atoms in total. The highest BCUT2D eigenvalue weighted by atomic mass is 16.6. The molecule has 2 aromatic carbocycles. The molecule has 0 fully saturated rings. The van der Waals surface area contributed by atoms with Gasteiger partial charge in [-0.05, 0) is 24.3 Å². The molecule has 0 radical (unpaired) electrons. The Morgan fingerprint density at radius 1 is 1.20 bits per heavy atom. The number of benzene rings is 2. The summed E-state index contributed by atoms with van der Waals surface area (Å²) in [5.74, 6) is -1.98. The molecule has 8 heteroatoms. The largest absolute Gasteiger partial charge is 0.308 e. The van der Waals surface area contributed by atoms with Crippen molar-refractivity contribution < 1.29 is 9.72 Å². The van der Waals surface area contributed by atoms with Gasteiger partial charge in [-0.1, -0.05) is 12.1 Å². The van der Waals surface area contributed by atoms with Crippen LogP contribution in [0.2, 0.25) is 0 Å². The van der Waals surface area contributed by atoms with Gasteiger partial charge in [-0.2, -0.15) is 5.26 Å². The number of carbonyl (C=O) groups excluding carboxylic acids is 1. The number of aromatic nitrogens is 2. The zero-order valence-corrected chi connectivity index (χ0v) is 12.7. The van der Waals surface area contributed by atoms with E-state index >= 15 is 0 Å². The standard InChI is InChI=1S/C17H10N4O4/c18-9-13(15(22)10-5-7-11(8-6-10)21(24)25)16-19-14-4-2-1-3-12(14)17(23)20-16/h1-8,13H,(H,19,20,23). The van der Waals surface area contributed by atoms with Crippen LogP contribution in [0.4, 0.5) is 5.69 Å². The number of fused-ring (bicyclic) bond motifs is 1. The lowest BCUT2D eigenvalue weighted by Gasteiger charge is -2.08. The number of nitrogens with zero attached hydrogens (tertiary/aromatic N) is 3. The Balaban J connectivity index is 2.02. The molecular weight excluding hydrogens is 324 g/mol. The van der Waals surface area contributed by atoms with Gasteiger partial charge < -0.3 is 4.98 Å². The summed E-state index contributed by atoms with van der Waals surface area (Å²) in [4.78, 5) is 41.4. The molecular formula is C17H10N4O4. The van der Waals surface area contributed by atoms with E-state index in [4.69, 9.17) is 0 Å². The van der Waals surface area contributed by atoms with Gasteiger partial charge in [0.2, 0.25) is 0 Å². The molecule has 3 aromatic rings. The third kappa shape index (κ3) is 2.98. The van der Waals surface area contributed by atoms with Crippen molar-refractivity contribution in [3.05, 3.63) is 80.4 Å². The smallest absolute Gasteiger partial charge is 0.269 e. The molecule has 0 aliphatic rings. The summed E-state index contributed by atoms with van der Waals surface area (Å²) in [5, 5.41) is 20.4. The molecule has 1 heterocycles. The van der Waals surface area contributed by atoms with Crippen molar-refractivity contribution in [3.8, 4) is 6.07 Å². The van der Waals surface area contributed by atoms with Crippen LogP contribution < -0.4 is 5.56 Å². The predicted molar refractivity (Wildman–Crippen MR) is 88.1 cm³/mol. The normalized spacial score (nSPS) is 11.6. The number of nitriles is 1. The Morgan fingerprint density at radius 3 is 2.52 bits per heavy atom. The fourth-order valence-electron chi connectivity index (χ4n) is 2.40. The number of aromatic amines is 1. The number of carbonyl (C=O) groups is 1. The maximum atomic E-state index is 12.6. The van der Waals surface area contributed by atoms with Crippen molar-refractivity contribution in [3.63, 3.8) is 0 Å². The molecule has 1 N–H and O–H groups in total. The van der Waals surface area contributed by atoms with E-state index < -0.39 is 22.2 Å². The van der Waals surface area contributed by atoms with Crippen molar-refractivity contribution in [2.24, 2.45) is 0 Å². The minimum atomic E-state index is -1.32. The lowest BCUT2D eigenvalue weighted by molar-refractivity contribution is -0.384. The molecule has 1 atom stereocenters. The number of hydrogen-bond acceptors (Lipinski definition) is 6. The van der Waals surface area contributed by atoms with Crippen LogP contribution in [0.15, 0.2) is 53.3 Å². The summed E-state index contributed by atoms with van der Waals surface area (Å²) in [6.45, 7) is 0. The second kappa shape index (κ2) is 6.33. The number of H-pyrrole nitrogens is 1. The molecule has 122 valence electrons. The third-order valence-electron chi connectivity index (χ3n) is 3.66. The first-order valence-electron chi connectivity index (χ1n) is 7.18. The van der Waals surface area contributed by atoms with Crippen molar-refractivity contribution in [2.75, 3.05) is 0 Å². The van der Waals surface area contributed by atoms with Crippen LogP contribution in [0.1, 0.15) is 22.1 Å². The van der Waals surface area contributed by atoms with Crippen molar-refractivity contribution >= 4 is 22.4 Å². The van der Waals surface area contributed by atoms with Crippen molar-refractivity contribution in [1.82, 2.24) is 9.97 Å². The number of nitro benzene ring substituents is 1. The van der Waals surface area contributed by atoms with E-state index in [0.717, 1.165) is 0 Å². The molecule has 1 aromatic heterocycles. The third-order valence-corrected chi connectivity index (χ3v) is 3.66. The lowest BCUT2D eigenvalue weighted by atomic mass is 9.97. The van der Waals surface area contributed by atoms with Gasteiger partial charge in [0.15, 0.2) is 11.7 Å². The average molecular weight is 334 g/mol. The molecule has 0 bridgehead atoms. The average Bonchev–Trinajstić information content (AvgIpc) is 2.62. The van der Waals surface area contributed by atoms with E-state index in [2.05, 4.69) is 9.97 Å². The first-order valence-corrected chi connectivity index (χ1v) is 7.18. The fraction of sp³-hybridized carbons (Fsp3) is 0.0588. The van der Waals surface area contributed by atoms with Crippen molar-refractivity contribution in [1.29, 1.82) is 5.26 Å². The number of ketones is 1. The summed E-state index contributed by atoms with van der Waals surface area (Å²) in [7, 11) is 0. The number of nitro groups is 1. The number of non-ortho nitro benzene ring substituents is 1. The first-order chi connectivity index (χ1) is 12.0. The molecule has 3 rings (SSSR count). The minimum absolute atomic E-state index is 0.0606. The number of hydrogen-bond donors (Lipinski definition) is 1. The van der Waals surface area contributed by atoms with E-state index in [1.54, 1.807) is 24.3 Å². The number of para-hydroxylation sites is 1. The van der Waals surface area contributed by atoms with Gasteiger partial charge in [0.25, 0.3) is 11.2 Å². The molecule has 0 saturated heterocycles. The van der Waals surface area contributed by atoms with Crippen LogP contribution in [-0.4, -0.2) is 20.7 Å². The van der Waals surface area contributed by atoms with Crippen LogP contribution in [-0.2, 0) is 0 Å². The molecule has 1 unspecified atom stereocenters. The van der Waals surface area contributed by atoms with Gasteiger partial charge in [0.1, 0.15) is 5.82 Å². The van der Waals surface area contributed by atoms with Gasteiger partial charge in [-0.25, -0.2) is 4.98 Å². The van der Waals surface area contributed by atoms with E-state index in [1.807, 2.05) is 6.07 Å². The Kier molecular flexibility index (Phi) is 4.05. The van der Waals surface area contributed by atoms with E-state index in [-0.39, 0.29) is 17.1 Å². The highest BCUT2D eigenvalue weighted by Gasteiger charge is 2.25. The zero-order valence-electron chi connectivity index (χ0n) is 12.7. The maximum absolute atomic E-state index is 12.6. The molecule has 0 aliphatic carbocycles. The molecule has 25 heavy (non-hydrogen) atoms. The highest BCUT2D eigenvalue weighted by molar-refractivity contribution is 6.02. The summed E-state index contributed by atoms with van der Waals surface area (Å²) in [5.41, 5.74) is -0.120. The van der Waals surface area contributed by atoms with Crippen LogP contribution in [0.25, 0.3) is 10.9 Å². The summed E-state index contributed by atoms with van der Waals surface area (Å²) in [6, 6.07) is 13.3. The van der Waals surface area contributed by atoms with E-state index in [1.165, 1.54) is 24.3 Å². The van der Waals surface area contributed by atoms with Crippen LogP contribution >= 0.6 is 0 Å². The van der Waals surface area contributed by atoms with Gasteiger partial charge >= 0.3 is 0 Å². The van der Waals surface area contributed by atoms with Crippen LogP contribution in [0.5, 0.6) is 0 Å². The van der Waals surface area contributed by atoms with Gasteiger partial charge in [0, 0.05) is 17.7 Å². The highest BCUT2D eigenvalue weighted by Crippen LogP contribution is 2.20. The van der Waals surface area contributed by atoms with Crippen LogP contribution in [0.3, 0.4) is 0 Å². The zero-order chi connectivity index (χ0) is 18.0. The van der Waals surface area contributed by atoms with Gasteiger partial charge in [-0.15, -0.1) is 0 Å². The second-order valence-electron chi connectivity index (χ2n) is 5.20. The monoisotopic (exact) mass is 334 g/mol. The van der Waals surface area contributed by atoms with Crippen molar-refractivity contribution in [2.45, 2.75) is 5.92 Å². The Morgan fingerprint density at radius 2 is 1.88 bits per heavy atom. The molecule has 0 saturated carbocycles. The molecule has 0 spiro atoms. The van der Waals surface area contributed by atoms with Crippen LogP contribution in [0, 0.1) is 21.4 Å². The lowest BCUT2D eigenvalue weighted by Crippen LogP contribution is -2.19. The Bertz CT molecular complexity index is 1080. The minimum Gasteiger partial charge on any atom is -0.308 e. The Hall–Kier alpha value is -3.86. The quantitative estimate of drug-likeness (QED) is 0.442. The van der Waals surface area contributed by atoms with E-state index in [9.17, 15) is 25.0 Å². The van der Waals surface area contributed by atoms with Gasteiger partial charge in [0.05, 0.1) is 21.9 Å². The first kappa shape index (κ1) is 16.0. The maximum Gasteiger partial charge on any atom is 0.269 e.